The summed E-state index contributed by atoms with van der Waals surface area (Å²) in [5.74, 6) is 0.606. The van der Waals surface area contributed by atoms with Gasteiger partial charge in [-0.25, -0.2) is 0 Å². The van der Waals surface area contributed by atoms with E-state index in [-0.39, 0.29) is 49.7 Å². The molecule has 0 aromatic heterocycles. The fourth-order valence-corrected chi connectivity index (χ4v) is 2.20. The molecule has 20 heavy (non-hydrogen) atoms. The van der Waals surface area contributed by atoms with Gasteiger partial charge in [-0.05, 0) is 18.8 Å². The third-order valence-electron chi connectivity index (χ3n) is 3.56. The number of amides is 2. The van der Waals surface area contributed by atoms with Crippen molar-refractivity contribution < 1.29 is 9.59 Å². The number of hydrogen-bond acceptors (Lipinski definition) is 4. The molecule has 1 aliphatic heterocycles. The minimum absolute atomic E-state index is 0. The van der Waals surface area contributed by atoms with Gasteiger partial charge >= 0.3 is 0 Å². The van der Waals surface area contributed by atoms with E-state index in [9.17, 15) is 9.59 Å². The van der Waals surface area contributed by atoms with Gasteiger partial charge in [0.1, 0.15) is 0 Å². The number of nitrogens with two attached hydrogens (primary N) is 1. The van der Waals surface area contributed by atoms with Gasteiger partial charge in [0, 0.05) is 32.7 Å². The first kappa shape index (κ1) is 19.4. The summed E-state index contributed by atoms with van der Waals surface area (Å²) >= 11 is 0. The minimum Gasteiger partial charge on any atom is -0.346 e. The minimum atomic E-state index is -0.282. The Morgan fingerprint density at radius 1 is 1.10 bits per heavy atom. The topological polar surface area (TPSA) is 78.7 Å². The molecule has 0 bridgehead atoms. The number of nitrogens with zero attached hydrogens (tertiary/aromatic N) is 2. The van der Waals surface area contributed by atoms with Gasteiger partial charge in [-0.1, -0.05) is 0 Å². The van der Waals surface area contributed by atoms with Gasteiger partial charge in [-0.3, -0.25) is 14.5 Å². The molecule has 1 aliphatic carbocycles. The highest BCUT2D eigenvalue weighted by molar-refractivity contribution is 5.86. The summed E-state index contributed by atoms with van der Waals surface area (Å²) in [6.45, 7) is 4.63. The predicted molar refractivity (Wildman–Crippen MR) is 82.3 cm³/mol. The molecule has 0 radical (unpaired) electrons. The van der Waals surface area contributed by atoms with Gasteiger partial charge in [-0.2, -0.15) is 0 Å². The molecule has 6 nitrogen and oxygen atoms in total. The first-order valence-corrected chi connectivity index (χ1v) is 6.66. The van der Waals surface area contributed by atoms with E-state index in [4.69, 9.17) is 5.73 Å². The van der Waals surface area contributed by atoms with E-state index in [0.29, 0.717) is 0 Å². The number of carbonyl (C=O) groups excluding carboxylic acids is 2. The van der Waals surface area contributed by atoms with Crippen molar-refractivity contribution in [1.29, 1.82) is 0 Å². The molecule has 0 atom stereocenters. The van der Waals surface area contributed by atoms with Crippen LogP contribution in [0.5, 0.6) is 0 Å². The maximum Gasteiger partial charge on any atom is 0.242 e. The van der Waals surface area contributed by atoms with Crippen molar-refractivity contribution in [2.45, 2.75) is 12.8 Å². The van der Waals surface area contributed by atoms with Crippen LogP contribution in [0.3, 0.4) is 0 Å². The van der Waals surface area contributed by atoms with Crippen LogP contribution >= 0.6 is 24.8 Å². The third-order valence-corrected chi connectivity index (χ3v) is 3.56. The van der Waals surface area contributed by atoms with Crippen LogP contribution in [0.1, 0.15) is 12.8 Å². The van der Waals surface area contributed by atoms with Crippen molar-refractivity contribution in [3.05, 3.63) is 0 Å². The highest BCUT2D eigenvalue weighted by Crippen LogP contribution is 2.29. The predicted octanol–water partition coefficient (Wildman–Crippen LogP) is -0.541. The Labute approximate surface area is 132 Å². The lowest BCUT2D eigenvalue weighted by Crippen LogP contribution is -2.51. The molecule has 3 N–H and O–H groups in total. The van der Waals surface area contributed by atoms with Crippen molar-refractivity contribution in [2.75, 3.05) is 45.8 Å². The average Bonchev–Trinajstić information content (AvgIpc) is 3.20. The van der Waals surface area contributed by atoms with E-state index < -0.39 is 0 Å². The molecule has 1 saturated carbocycles. The summed E-state index contributed by atoms with van der Waals surface area (Å²) in [5.41, 5.74) is 5.16. The fraction of sp³-hybridized carbons (Fsp3) is 0.833. The number of rotatable bonds is 5. The molecule has 1 heterocycles. The number of nitrogens with one attached hydrogen (secondary N) is 1. The zero-order chi connectivity index (χ0) is 13.0. The normalized spacial score (nSPS) is 18.8. The Kier molecular flexibility index (Phi) is 9.13. The number of hydrogen-bond donors (Lipinski definition) is 2. The molecule has 118 valence electrons. The maximum absolute atomic E-state index is 11.8. The SMILES string of the molecule is Cl.Cl.NCC(=O)NCC(=O)N1CCN(CC2CC2)CC1. The molecule has 0 spiro atoms. The molecule has 1 saturated heterocycles. The molecule has 0 unspecified atom stereocenters. The van der Waals surface area contributed by atoms with Gasteiger partial charge in [0.15, 0.2) is 0 Å². The summed E-state index contributed by atoms with van der Waals surface area (Å²) in [4.78, 5) is 27.0. The zero-order valence-electron chi connectivity index (χ0n) is 11.5. The Bertz CT molecular complexity index is 319. The van der Waals surface area contributed by atoms with Crippen LogP contribution in [0.2, 0.25) is 0 Å². The Morgan fingerprint density at radius 2 is 1.70 bits per heavy atom. The lowest BCUT2D eigenvalue weighted by Gasteiger charge is -2.34. The van der Waals surface area contributed by atoms with E-state index in [0.717, 1.165) is 32.1 Å². The van der Waals surface area contributed by atoms with Crippen molar-refractivity contribution in [2.24, 2.45) is 11.7 Å². The van der Waals surface area contributed by atoms with Crippen LogP contribution in [0.15, 0.2) is 0 Å². The maximum atomic E-state index is 11.8. The van der Waals surface area contributed by atoms with Gasteiger partial charge in [0.2, 0.25) is 11.8 Å². The first-order chi connectivity index (χ1) is 8.69. The van der Waals surface area contributed by atoms with Crippen LogP contribution in [0, 0.1) is 5.92 Å². The molecule has 8 heteroatoms. The van der Waals surface area contributed by atoms with E-state index in [1.165, 1.54) is 19.4 Å². The van der Waals surface area contributed by atoms with Crippen LogP contribution in [-0.2, 0) is 9.59 Å². The summed E-state index contributed by atoms with van der Waals surface area (Å²) < 4.78 is 0. The van der Waals surface area contributed by atoms with E-state index in [1.807, 2.05) is 4.90 Å². The van der Waals surface area contributed by atoms with Crippen molar-refractivity contribution in [3.8, 4) is 0 Å². The highest BCUT2D eigenvalue weighted by Gasteiger charge is 2.27. The number of carbonyl (C=O) groups is 2. The first-order valence-electron chi connectivity index (χ1n) is 6.66. The van der Waals surface area contributed by atoms with Crippen LogP contribution < -0.4 is 11.1 Å². The van der Waals surface area contributed by atoms with Gasteiger partial charge in [0.25, 0.3) is 0 Å². The van der Waals surface area contributed by atoms with Gasteiger partial charge in [0.05, 0.1) is 13.1 Å². The molecule has 2 rings (SSSR count). The third kappa shape index (κ3) is 6.26. The monoisotopic (exact) mass is 326 g/mol. The largest absolute Gasteiger partial charge is 0.346 e. The molecule has 2 amide bonds. The summed E-state index contributed by atoms with van der Waals surface area (Å²) in [6.07, 6.45) is 2.73. The fourth-order valence-electron chi connectivity index (χ4n) is 2.20. The smallest absolute Gasteiger partial charge is 0.242 e. The standard InChI is InChI=1S/C12H22N4O2.2ClH/c13-7-11(17)14-8-12(18)16-5-3-15(4-6-16)9-10-1-2-10;;/h10H,1-9,13H2,(H,14,17);2*1H. The van der Waals surface area contributed by atoms with Crippen molar-refractivity contribution in [1.82, 2.24) is 15.1 Å². The summed E-state index contributed by atoms with van der Waals surface area (Å²) in [7, 11) is 0. The second-order valence-corrected chi connectivity index (χ2v) is 5.11. The Morgan fingerprint density at radius 3 is 2.20 bits per heavy atom. The van der Waals surface area contributed by atoms with E-state index >= 15 is 0 Å². The summed E-state index contributed by atoms with van der Waals surface area (Å²) in [5, 5.41) is 2.51. The van der Waals surface area contributed by atoms with Crippen LogP contribution in [0.4, 0.5) is 0 Å². The van der Waals surface area contributed by atoms with E-state index in [1.54, 1.807) is 0 Å². The second kappa shape index (κ2) is 9.39. The Balaban J connectivity index is 0.00000180. The van der Waals surface area contributed by atoms with Crippen LogP contribution in [-0.4, -0.2) is 67.4 Å². The van der Waals surface area contributed by atoms with Crippen molar-refractivity contribution >= 4 is 36.6 Å². The molecule has 2 aliphatic rings. The highest BCUT2D eigenvalue weighted by atomic mass is 35.5. The average molecular weight is 327 g/mol. The molecular weight excluding hydrogens is 303 g/mol. The van der Waals surface area contributed by atoms with Crippen LogP contribution in [0.25, 0.3) is 0 Å². The number of halogens is 2. The molecular formula is C12H24Cl2N4O2. The quantitative estimate of drug-likeness (QED) is 0.711. The number of piperazine rings is 1. The molecule has 2 fully saturated rings. The molecule has 0 aromatic rings. The van der Waals surface area contributed by atoms with E-state index in [2.05, 4.69) is 10.2 Å². The zero-order valence-corrected chi connectivity index (χ0v) is 13.2. The lowest BCUT2D eigenvalue weighted by atomic mass is 10.2. The lowest BCUT2D eigenvalue weighted by molar-refractivity contribution is -0.134. The molecule has 0 aromatic carbocycles. The van der Waals surface area contributed by atoms with Crippen molar-refractivity contribution in [3.63, 3.8) is 0 Å². The van der Waals surface area contributed by atoms with Gasteiger partial charge < -0.3 is 16.0 Å². The summed E-state index contributed by atoms with van der Waals surface area (Å²) in [6, 6.07) is 0. The Hall–Kier alpha value is -0.560. The second-order valence-electron chi connectivity index (χ2n) is 5.11. The van der Waals surface area contributed by atoms with Gasteiger partial charge in [-0.15, -0.1) is 24.8 Å².